The average molecular weight is 210 g/mol. The van der Waals surface area contributed by atoms with Gasteiger partial charge in [-0.05, 0) is 24.3 Å². The van der Waals surface area contributed by atoms with Gasteiger partial charge in [-0.3, -0.25) is 0 Å². The molecular weight excluding hydrogens is 204 g/mol. The highest BCUT2D eigenvalue weighted by atomic mass is 19.3. The SMILES string of the molecule is Oc1ccc(OC(F)(F)C(F)F)cc1. The summed E-state index contributed by atoms with van der Waals surface area (Å²) in [4.78, 5) is 0. The zero-order valence-corrected chi connectivity index (χ0v) is 6.75. The van der Waals surface area contributed by atoms with Crippen LogP contribution >= 0.6 is 0 Å². The molecule has 1 rings (SSSR count). The maximum absolute atomic E-state index is 12.3. The Hall–Kier alpha value is -1.46. The number of hydrogen-bond donors (Lipinski definition) is 1. The summed E-state index contributed by atoms with van der Waals surface area (Å²) in [5.41, 5.74) is 0. The molecule has 0 aliphatic carbocycles. The third-order valence-electron chi connectivity index (χ3n) is 1.34. The van der Waals surface area contributed by atoms with Crippen molar-refractivity contribution in [1.82, 2.24) is 0 Å². The van der Waals surface area contributed by atoms with Crippen LogP contribution in [-0.2, 0) is 0 Å². The quantitative estimate of drug-likeness (QED) is 0.777. The fraction of sp³-hybridized carbons (Fsp3) is 0.250. The molecule has 1 N–H and O–H groups in total. The zero-order valence-electron chi connectivity index (χ0n) is 6.75. The molecule has 0 fully saturated rings. The molecule has 0 amide bonds. The first-order chi connectivity index (χ1) is 6.42. The van der Waals surface area contributed by atoms with Gasteiger partial charge in [0.2, 0.25) is 0 Å². The van der Waals surface area contributed by atoms with Gasteiger partial charge in [0, 0.05) is 0 Å². The van der Waals surface area contributed by atoms with Gasteiger partial charge in [0.25, 0.3) is 0 Å². The van der Waals surface area contributed by atoms with E-state index in [1.807, 2.05) is 0 Å². The number of hydrogen-bond acceptors (Lipinski definition) is 2. The summed E-state index contributed by atoms with van der Waals surface area (Å²) in [6.45, 7) is 0. The number of rotatable bonds is 3. The first kappa shape index (κ1) is 10.6. The highest BCUT2D eigenvalue weighted by molar-refractivity contribution is 5.30. The molecule has 0 aromatic heterocycles. The number of ether oxygens (including phenoxy) is 1. The average Bonchev–Trinajstić information content (AvgIpc) is 2.08. The Labute approximate surface area is 76.7 Å². The van der Waals surface area contributed by atoms with E-state index >= 15 is 0 Å². The number of benzene rings is 1. The van der Waals surface area contributed by atoms with Gasteiger partial charge in [-0.2, -0.15) is 17.6 Å². The van der Waals surface area contributed by atoms with Crippen LogP contribution in [0.3, 0.4) is 0 Å². The molecule has 14 heavy (non-hydrogen) atoms. The van der Waals surface area contributed by atoms with E-state index in [0.717, 1.165) is 24.3 Å². The second-order valence-electron chi connectivity index (χ2n) is 2.46. The summed E-state index contributed by atoms with van der Waals surface area (Å²) in [5, 5.41) is 8.77. The molecule has 0 aliphatic heterocycles. The lowest BCUT2D eigenvalue weighted by Gasteiger charge is -2.16. The minimum absolute atomic E-state index is 0.169. The molecule has 0 atom stereocenters. The number of halogens is 4. The minimum atomic E-state index is -4.52. The predicted molar refractivity (Wildman–Crippen MR) is 39.7 cm³/mol. The Morgan fingerprint density at radius 2 is 1.64 bits per heavy atom. The minimum Gasteiger partial charge on any atom is -0.508 e. The van der Waals surface area contributed by atoms with Crippen molar-refractivity contribution in [2.45, 2.75) is 12.5 Å². The summed E-state index contributed by atoms with van der Waals surface area (Å²) < 4.78 is 51.6. The smallest absolute Gasteiger partial charge is 0.461 e. The van der Waals surface area contributed by atoms with Gasteiger partial charge in [0.05, 0.1) is 0 Å². The van der Waals surface area contributed by atoms with Crippen molar-refractivity contribution in [3.05, 3.63) is 24.3 Å². The summed E-state index contributed by atoms with van der Waals surface area (Å²) in [5.74, 6) is -0.606. The second kappa shape index (κ2) is 3.73. The van der Waals surface area contributed by atoms with Gasteiger partial charge in [0.1, 0.15) is 11.5 Å². The molecule has 0 spiro atoms. The van der Waals surface area contributed by atoms with Crippen LogP contribution in [0.4, 0.5) is 17.6 Å². The standard InChI is InChI=1S/C8H6F4O2/c9-7(10)8(11,12)14-6-3-1-5(13)2-4-6/h1-4,7,13H. The largest absolute Gasteiger partial charge is 0.508 e. The molecule has 0 radical (unpaired) electrons. The topological polar surface area (TPSA) is 29.5 Å². The van der Waals surface area contributed by atoms with E-state index < -0.39 is 18.3 Å². The maximum Gasteiger partial charge on any atom is 0.461 e. The van der Waals surface area contributed by atoms with E-state index in [2.05, 4.69) is 4.74 Å². The van der Waals surface area contributed by atoms with E-state index in [4.69, 9.17) is 5.11 Å². The van der Waals surface area contributed by atoms with E-state index in [1.54, 1.807) is 0 Å². The lowest BCUT2D eigenvalue weighted by molar-refractivity contribution is -0.253. The van der Waals surface area contributed by atoms with Crippen molar-refractivity contribution < 1.29 is 27.4 Å². The maximum atomic E-state index is 12.3. The third kappa shape index (κ3) is 2.51. The summed E-state index contributed by atoms with van der Waals surface area (Å²) >= 11 is 0. The fourth-order valence-electron chi connectivity index (χ4n) is 0.716. The van der Waals surface area contributed by atoms with Crippen molar-refractivity contribution in [3.8, 4) is 11.5 Å². The molecular formula is C8H6F4O2. The van der Waals surface area contributed by atoms with E-state index in [0.29, 0.717) is 0 Å². The van der Waals surface area contributed by atoms with Crippen molar-refractivity contribution in [2.24, 2.45) is 0 Å². The normalized spacial score (nSPS) is 11.8. The van der Waals surface area contributed by atoms with Gasteiger partial charge in [0.15, 0.2) is 0 Å². The molecule has 0 saturated heterocycles. The van der Waals surface area contributed by atoms with Gasteiger partial charge in [-0.1, -0.05) is 0 Å². The van der Waals surface area contributed by atoms with Crippen LogP contribution in [0.15, 0.2) is 24.3 Å². The van der Waals surface area contributed by atoms with Crippen molar-refractivity contribution >= 4 is 0 Å². The molecule has 78 valence electrons. The van der Waals surface area contributed by atoms with Crippen LogP contribution in [0.25, 0.3) is 0 Å². The van der Waals surface area contributed by atoms with Crippen LogP contribution in [0.2, 0.25) is 0 Å². The Kier molecular flexibility index (Phi) is 2.83. The predicted octanol–water partition coefficient (Wildman–Crippen LogP) is 2.63. The lowest BCUT2D eigenvalue weighted by atomic mass is 10.3. The Balaban J connectivity index is 2.74. The summed E-state index contributed by atoms with van der Waals surface area (Å²) in [6.07, 6.45) is -8.41. The third-order valence-corrected chi connectivity index (χ3v) is 1.34. The summed E-state index contributed by atoms with van der Waals surface area (Å²) in [6, 6.07) is 4.03. The zero-order chi connectivity index (χ0) is 10.8. The Morgan fingerprint density at radius 1 is 1.14 bits per heavy atom. The molecule has 0 unspecified atom stereocenters. The van der Waals surface area contributed by atoms with E-state index in [-0.39, 0.29) is 5.75 Å². The molecule has 0 aliphatic rings. The monoisotopic (exact) mass is 210 g/mol. The number of alkyl halides is 4. The van der Waals surface area contributed by atoms with Crippen LogP contribution in [-0.4, -0.2) is 17.6 Å². The van der Waals surface area contributed by atoms with Gasteiger partial charge < -0.3 is 9.84 Å². The van der Waals surface area contributed by atoms with Gasteiger partial charge >= 0.3 is 12.5 Å². The number of aromatic hydroxyl groups is 1. The summed E-state index contributed by atoms with van der Waals surface area (Å²) in [7, 11) is 0. The molecule has 6 heteroatoms. The highest BCUT2D eigenvalue weighted by Gasteiger charge is 2.43. The van der Waals surface area contributed by atoms with Crippen LogP contribution in [0, 0.1) is 0 Å². The Bertz CT molecular complexity index is 297. The molecule has 0 heterocycles. The fourth-order valence-corrected chi connectivity index (χ4v) is 0.716. The van der Waals surface area contributed by atoms with Crippen LogP contribution in [0.5, 0.6) is 11.5 Å². The van der Waals surface area contributed by atoms with Gasteiger partial charge in [-0.15, -0.1) is 0 Å². The highest BCUT2D eigenvalue weighted by Crippen LogP contribution is 2.28. The first-order valence-electron chi connectivity index (χ1n) is 3.56. The number of phenols is 1. The van der Waals surface area contributed by atoms with Crippen LogP contribution < -0.4 is 4.74 Å². The molecule has 0 bridgehead atoms. The first-order valence-corrected chi connectivity index (χ1v) is 3.56. The second-order valence-corrected chi connectivity index (χ2v) is 2.46. The molecule has 2 nitrogen and oxygen atoms in total. The lowest BCUT2D eigenvalue weighted by Crippen LogP contribution is -2.33. The van der Waals surface area contributed by atoms with E-state index in [1.165, 1.54) is 0 Å². The van der Waals surface area contributed by atoms with Crippen molar-refractivity contribution in [2.75, 3.05) is 0 Å². The molecule has 0 saturated carbocycles. The molecule has 1 aromatic carbocycles. The Morgan fingerprint density at radius 3 is 2.07 bits per heavy atom. The van der Waals surface area contributed by atoms with Gasteiger partial charge in [-0.25, -0.2) is 0 Å². The van der Waals surface area contributed by atoms with Crippen molar-refractivity contribution in [3.63, 3.8) is 0 Å². The van der Waals surface area contributed by atoms with E-state index in [9.17, 15) is 17.6 Å². The van der Waals surface area contributed by atoms with Crippen molar-refractivity contribution in [1.29, 1.82) is 0 Å². The number of phenolic OH excluding ortho intramolecular Hbond substituents is 1. The van der Waals surface area contributed by atoms with Crippen LogP contribution in [0.1, 0.15) is 0 Å². The molecule has 1 aromatic rings.